The highest BCUT2D eigenvalue weighted by Crippen LogP contribution is 2.38. The summed E-state index contributed by atoms with van der Waals surface area (Å²) in [5.41, 5.74) is 4.63. The van der Waals surface area contributed by atoms with Crippen molar-refractivity contribution in [2.45, 2.75) is 52.7 Å². The van der Waals surface area contributed by atoms with Crippen molar-refractivity contribution in [2.75, 3.05) is 0 Å². The summed E-state index contributed by atoms with van der Waals surface area (Å²) in [5, 5.41) is 10.7. The third kappa shape index (κ3) is 3.76. The molecule has 2 aliphatic heterocycles. The van der Waals surface area contributed by atoms with E-state index in [0.29, 0.717) is 11.9 Å². The summed E-state index contributed by atoms with van der Waals surface area (Å²) in [6.45, 7) is 7.99. The topological polar surface area (TPSA) is 61.6 Å². The summed E-state index contributed by atoms with van der Waals surface area (Å²) in [6, 6.07) is 9.87. The van der Waals surface area contributed by atoms with Crippen molar-refractivity contribution in [3.8, 4) is 11.5 Å². The van der Waals surface area contributed by atoms with E-state index in [-0.39, 0.29) is 16.7 Å². The number of benzene rings is 2. The first-order valence-corrected chi connectivity index (χ1v) is 8.54. The number of nitro benzene ring substituents is 1. The van der Waals surface area contributed by atoms with Crippen molar-refractivity contribution < 1.29 is 14.4 Å². The third-order valence-corrected chi connectivity index (χ3v) is 4.37. The molecule has 0 aromatic heterocycles. The Hall–Kier alpha value is -2.56. The van der Waals surface area contributed by atoms with Crippen molar-refractivity contribution >= 4 is 5.69 Å². The van der Waals surface area contributed by atoms with Gasteiger partial charge in [0.15, 0.2) is 0 Å². The molecule has 2 aromatic rings. The first-order valence-electron chi connectivity index (χ1n) is 8.54. The highest BCUT2D eigenvalue weighted by atomic mass is 16.6. The average Bonchev–Trinajstić information content (AvgIpc) is 3.07. The molecule has 0 bridgehead atoms. The molecule has 2 aromatic carbocycles. The quantitative estimate of drug-likeness (QED) is 0.564. The summed E-state index contributed by atoms with van der Waals surface area (Å²) in [7, 11) is 0. The molecule has 0 aliphatic carbocycles. The minimum absolute atomic E-state index is 0.0468. The monoisotopic (exact) mass is 341 g/mol. The maximum Gasteiger partial charge on any atom is 0.311 e. The van der Waals surface area contributed by atoms with Crippen molar-refractivity contribution in [3.63, 3.8) is 0 Å². The van der Waals surface area contributed by atoms with Gasteiger partial charge in [-0.05, 0) is 44.9 Å². The van der Waals surface area contributed by atoms with Gasteiger partial charge < -0.3 is 9.47 Å². The molecule has 0 N–H and O–H groups in total. The fourth-order valence-corrected chi connectivity index (χ4v) is 3.35. The summed E-state index contributed by atoms with van der Waals surface area (Å²) >= 11 is 0. The zero-order valence-corrected chi connectivity index (χ0v) is 15.0. The van der Waals surface area contributed by atoms with E-state index in [4.69, 9.17) is 9.47 Å². The molecule has 2 aliphatic rings. The van der Waals surface area contributed by atoms with Crippen LogP contribution in [0.1, 0.15) is 36.1 Å². The smallest absolute Gasteiger partial charge is 0.311 e. The number of hydrogen-bond donors (Lipinski definition) is 0. The van der Waals surface area contributed by atoms with E-state index in [1.807, 2.05) is 19.9 Å². The van der Waals surface area contributed by atoms with E-state index >= 15 is 0 Å². The molecule has 5 nitrogen and oxygen atoms in total. The zero-order chi connectivity index (χ0) is 18.1. The molecule has 0 radical (unpaired) electrons. The molecular weight excluding hydrogens is 318 g/mol. The van der Waals surface area contributed by atoms with Gasteiger partial charge in [0.25, 0.3) is 0 Å². The number of nitrogens with zero attached hydrogens (tertiary/aromatic N) is 1. The van der Waals surface area contributed by atoms with Gasteiger partial charge >= 0.3 is 5.69 Å². The Morgan fingerprint density at radius 1 is 0.960 bits per heavy atom. The van der Waals surface area contributed by atoms with Crippen molar-refractivity contribution in [1.82, 2.24) is 0 Å². The maximum atomic E-state index is 10.7. The van der Waals surface area contributed by atoms with Crippen LogP contribution in [0.25, 0.3) is 0 Å². The molecule has 0 saturated heterocycles. The van der Waals surface area contributed by atoms with E-state index in [1.165, 1.54) is 11.1 Å². The minimum atomic E-state index is -0.385. The highest BCUT2D eigenvalue weighted by molar-refractivity contribution is 5.56. The molecule has 25 heavy (non-hydrogen) atoms. The van der Waals surface area contributed by atoms with Crippen LogP contribution in [0, 0.1) is 24.0 Å². The molecule has 0 saturated carbocycles. The van der Waals surface area contributed by atoms with Gasteiger partial charge in [-0.15, -0.1) is 0 Å². The lowest BCUT2D eigenvalue weighted by Crippen LogP contribution is -2.05. The first kappa shape index (κ1) is 17.3. The van der Waals surface area contributed by atoms with Crippen molar-refractivity contribution in [3.05, 3.63) is 62.7 Å². The van der Waals surface area contributed by atoms with E-state index < -0.39 is 0 Å². The minimum Gasteiger partial charge on any atom is -0.490 e. The second-order valence-electron chi connectivity index (χ2n) is 6.91. The van der Waals surface area contributed by atoms with Gasteiger partial charge in [-0.3, -0.25) is 10.1 Å². The lowest BCUT2D eigenvalue weighted by atomic mass is 10.1. The second-order valence-corrected chi connectivity index (χ2v) is 6.91. The molecular formula is C20H23NO4. The van der Waals surface area contributed by atoms with Gasteiger partial charge in [-0.2, -0.15) is 0 Å². The van der Waals surface area contributed by atoms with Crippen LogP contribution in [0.5, 0.6) is 11.5 Å². The van der Waals surface area contributed by atoms with E-state index in [1.54, 1.807) is 6.07 Å². The van der Waals surface area contributed by atoms with Crippen LogP contribution < -0.4 is 9.47 Å². The maximum absolute atomic E-state index is 10.7. The highest BCUT2D eigenvalue weighted by Gasteiger charge is 2.28. The number of aryl methyl sites for hydroxylation is 2. The fourth-order valence-electron chi connectivity index (χ4n) is 3.35. The van der Waals surface area contributed by atoms with Crippen molar-refractivity contribution in [2.24, 2.45) is 0 Å². The van der Waals surface area contributed by atoms with Gasteiger partial charge in [0.1, 0.15) is 18.0 Å². The van der Waals surface area contributed by atoms with Crippen LogP contribution in [0.3, 0.4) is 0 Å². The van der Waals surface area contributed by atoms with Crippen LogP contribution in [0.2, 0.25) is 0 Å². The Balaban J connectivity index is 0.000000150. The second kappa shape index (κ2) is 6.75. The Morgan fingerprint density at radius 2 is 1.60 bits per heavy atom. The molecule has 2 atom stereocenters. The van der Waals surface area contributed by atoms with Gasteiger partial charge in [0.2, 0.25) is 5.75 Å². The Kier molecular flexibility index (Phi) is 4.66. The lowest BCUT2D eigenvalue weighted by Gasteiger charge is -2.03. The molecule has 4 rings (SSSR count). The third-order valence-electron chi connectivity index (χ3n) is 4.37. The number of rotatable bonds is 1. The molecule has 0 spiro atoms. The SMILES string of the molecule is Cc1cc2c(c([N+](=O)[O-])c1)O[C@H](C)C2.Cc1ccc2c(c1)C[C@@H](C)O2. The molecule has 0 fully saturated rings. The van der Waals surface area contributed by atoms with Crippen LogP contribution in [-0.4, -0.2) is 17.1 Å². The number of ether oxygens (including phenoxy) is 2. The van der Waals surface area contributed by atoms with Gasteiger partial charge in [0, 0.05) is 24.5 Å². The summed E-state index contributed by atoms with van der Waals surface area (Å²) < 4.78 is 11.0. The summed E-state index contributed by atoms with van der Waals surface area (Å²) in [6.07, 6.45) is 2.24. The number of fused-ring (bicyclic) bond motifs is 2. The molecule has 0 unspecified atom stereocenters. The zero-order valence-electron chi connectivity index (χ0n) is 15.0. The largest absolute Gasteiger partial charge is 0.490 e. The van der Waals surface area contributed by atoms with Crippen LogP contribution in [0.15, 0.2) is 30.3 Å². The number of nitro groups is 1. The predicted octanol–water partition coefficient (Wildman–Crippen LogP) is 4.55. The Morgan fingerprint density at radius 3 is 2.32 bits per heavy atom. The van der Waals surface area contributed by atoms with Gasteiger partial charge in [-0.25, -0.2) is 0 Å². The molecule has 2 heterocycles. The molecule has 132 valence electrons. The Labute approximate surface area is 147 Å². The lowest BCUT2D eigenvalue weighted by molar-refractivity contribution is -0.385. The van der Waals surface area contributed by atoms with Gasteiger partial charge in [0.05, 0.1) is 4.92 Å². The van der Waals surface area contributed by atoms with E-state index in [2.05, 4.69) is 32.0 Å². The van der Waals surface area contributed by atoms with E-state index in [0.717, 1.165) is 29.7 Å². The summed E-state index contributed by atoms with van der Waals surface area (Å²) in [4.78, 5) is 10.4. The van der Waals surface area contributed by atoms with Crippen molar-refractivity contribution in [1.29, 1.82) is 0 Å². The van der Waals surface area contributed by atoms with E-state index in [9.17, 15) is 10.1 Å². The number of hydrogen-bond acceptors (Lipinski definition) is 4. The molecule has 0 amide bonds. The fraction of sp³-hybridized carbons (Fsp3) is 0.400. The summed E-state index contributed by atoms with van der Waals surface area (Å²) in [5.74, 6) is 1.52. The van der Waals surface area contributed by atoms with Crippen LogP contribution >= 0.6 is 0 Å². The standard InChI is InChI=1S/C10H11NO3.C10H12O/c1-6-3-8-5-7(2)14-10(8)9(4-6)11(12)13;1-7-3-4-10-9(5-7)6-8(2)11-10/h3-4,7H,5H2,1-2H3;3-5,8H,6H2,1-2H3/t7-;8-/m11/s1. The normalized spacial score (nSPS) is 19.8. The average molecular weight is 341 g/mol. The van der Waals surface area contributed by atoms with Crippen LogP contribution in [-0.2, 0) is 12.8 Å². The Bertz CT molecular complexity index is 816. The molecule has 5 heteroatoms. The van der Waals surface area contributed by atoms with Gasteiger partial charge in [-0.1, -0.05) is 23.8 Å². The first-order chi connectivity index (χ1) is 11.8. The van der Waals surface area contributed by atoms with Crippen LogP contribution in [0.4, 0.5) is 5.69 Å². The predicted molar refractivity (Wildman–Crippen MR) is 96.6 cm³/mol.